The van der Waals surface area contributed by atoms with Gasteiger partial charge >= 0.3 is 6.18 Å². The molecule has 86 valence electrons. The van der Waals surface area contributed by atoms with Crippen molar-refractivity contribution in [1.29, 1.82) is 0 Å². The summed E-state index contributed by atoms with van der Waals surface area (Å²) in [4.78, 5) is 0. The zero-order valence-electron chi connectivity index (χ0n) is 7.55. The summed E-state index contributed by atoms with van der Waals surface area (Å²) in [5.41, 5.74) is -0.115. The molecule has 0 saturated heterocycles. The van der Waals surface area contributed by atoms with E-state index >= 15 is 0 Å². The Balaban J connectivity index is 2.72. The van der Waals surface area contributed by atoms with Gasteiger partial charge < -0.3 is 0 Å². The minimum absolute atomic E-state index is 0.241. The van der Waals surface area contributed by atoms with E-state index in [0.717, 1.165) is 6.07 Å². The zero-order chi connectivity index (χ0) is 11.9. The first-order chi connectivity index (χ1) is 7.45. The third-order valence-corrected chi connectivity index (χ3v) is 4.30. The van der Waals surface area contributed by atoms with E-state index in [4.69, 9.17) is 11.6 Å². The summed E-state index contributed by atoms with van der Waals surface area (Å²) in [6, 6.07) is 4.02. The summed E-state index contributed by atoms with van der Waals surface area (Å²) in [6.07, 6.45) is -2.72. The second-order valence-corrected chi connectivity index (χ2v) is 5.16. The van der Waals surface area contributed by atoms with Crippen molar-refractivity contribution < 1.29 is 13.2 Å². The third kappa shape index (κ3) is 2.02. The fraction of sp³-hybridized carbons (Fsp3) is 0.111. The lowest BCUT2D eigenvalue weighted by Crippen LogP contribution is -2.05. The molecular formula is C9H4ClF3INS. The number of hydrogen-bond donors (Lipinski definition) is 0. The highest BCUT2D eigenvalue weighted by molar-refractivity contribution is 14.2. The molecule has 2 rings (SSSR count). The van der Waals surface area contributed by atoms with Gasteiger partial charge in [-0.25, -0.2) is 0 Å². The number of benzene rings is 1. The van der Waals surface area contributed by atoms with Crippen LogP contribution >= 0.6 is 41.9 Å². The van der Waals surface area contributed by atoms with Crippen molar-refractivity contribution in [3.63, 3.8) is 0 Å². The number of hydrogen-bond acceptors (Lipinski definition) is 1. The van der Waals surface area contributed by atoms with Gasteiger partial charge in [0.25, 0.3) is 0 Å². The van der Waals surface area contributed by atoms with Crippen molar-refractivity contribution in [3.8, 4) is 0 Å². The number of rotatable bonds is 1. The van der Waals surface area contributed by atoms with E-state index in [1.807, 2.05) is 21.2 Å². The maximum Gasteiger partial charge on any atom is 0.417 e. The summed E-state index contributed by atoms with van der Waals surface area (Å²) in [5, 5.41) is 0.176. The number of alkyl halides is 3. The molecule has 0 unspecified atom stereocenters. The van der Waals surface area contributed by atoms with E-state index in [2.05, 4.69) is 0 Å². The molecule has 0 N–H and O–H groups in total. The van der Waals surface area contributed by atoms with Gasteiger partial charge in [-0.15, -0.1) is 0 Å². The molecule has 0 saturated carbocycles. The highest BCUT2D eigenvalue weighted by Gasteiger charge is 2.33. The SMILES string of the molecule is FC(F)(F)c1ccc2c(ccn2SI)c1Cl. The summed E-state index contributed by atoms with van der Waals surface area (Å²) in [7, 11) is 1.37. The van der Waals surface area contributed by atoms with Crippen LogP contribution in [0.25, 0.3) is 10.9 Å². The lowest BCUT2D eigenvalue weighted by Gasteiger charge is -2.09. The van der Waals surface area contributed by atoms with Crippen LogP contribution in [-0.4, -0.2) is 3.97 Å². The van der Waals surface area contributed by atoms with E-state index in [-0.39, 0.29) is 5.02 Å². The van der Waals surface area contributed by atoms with Crippen molar-refractivity contribution in [2.75, 3.05) is 0 Å². The van der Waals surface area contributed by atoms with Gasteiger partial charge in [-0.2, -0.15) is 13.2 Å². The van der Waals surface area contributed by atoms with Gasteiger partial charge in [0.05, 0.1) is 16.1 Å². The normalized spacial score (nSPS) is 12.3. The predicted octanol–water partition coefficient (Wildman–Crippen LogP) is 5.16. The Morgan fingerprint density at radius 1 is 1.25 bits per heavy atom. The lowest BCUT2D eigenvalue weighted by molar-refractivity contribution is -0.137. The molecule has 2 aromatic rings. The predicted molar refractivity (Wildman–Crippen MR) is 69.0 cm³/mol. The first kappa shape index (κ1) is 12.4. The Kier molecular flexibility index (Phi) is 3.33. The monoisotopic (exact) mass is 377 g/mol. The molecule has 1 aromatic heterocycles. The van der Waals surface area contributed by atoms with E-state index in [9.17, 15) is 13.2 Å². The van der Waals surface area contributed by atoms with Crippen molar-refractivity contribution in [1.82, 2.24) is 3.97 Å². The van der Waals surface area contributed by atoms with Gasteiger partial charge in [0.1, 0.15) is 0 Å². The van der Waals surface area contributed by atoms with Gasteiger partial charge in [-0.05, 0) is 18.2 Å². The molecule has 16 heavy (non-hydrogen) atoms. The zero-order valence-corrected chi connectivity index (χ0v) is 11.3. The first-order valence-electron chi connectivity index (χ1n) is 4.11. The first-order valence-corrected chi connectivity index (χ1v) is 7.80. The Labute approximate surface area is 111 Å². The molecule has 0 aliphatic heterocycles. The fourth-order valence-corrected chi connectivity index (χ4v) is 3.14. The van der Waals surface area contributed by atoms with Crippen molar-refractivity contribution in [2.24, 2.45) is 0 Å². The van der Waals surface area contributed by atoms with Crippen LogP contribution < -0.4 is 0 Å². The summed E-state index contributed by atoms with van der Waals surface area (Å²) in [6.45, 7) is 0. The Morgan fingerprint density at radius 3 is 2.50 bits per heavy atom. The Bertz CT molecular complexity index is 537. The van der Waals surface area contributed by atoms with Crippen LogP contribution in [-0.2, 0) is 6.18 Å². The summed E-state index contributed by atoms with van der Waals surface area (Å²) in [5.74, 6) is 0. The minimum atomic E-state index is -4.41. The molecule has 0 spiro atoms. The lowest BCUT2D eigenvalue weighted by atomic mass is 10.1. The average molecular weight is 378 g/mol. The van der Waals surface area contributed by atoms with Crippen LogP contribution in [0.5, 0.6) is 0 Å². The smallest absolute Gasteiger partial charge is 0.282 e. The number of aromatic nitrogens is 1. The highest BCUT2D eigenvalue weighted by atomic mass is 127. The molecule has 0 radical (unpaired) electrons. The third-order valence-electron chi connectivity index (χ3n) is 2.15. The van der Waals surface area contributed by atoms with Gasteiger partial charge in [-0.1, -0.05) is 11.6 Å². The van der Waals surface area contributed by atoms with E-state index in [0.29, 0.717) is 10.9 Å². The van der Waals surface area contributed by atoms with E-state index < -0.39 is 11.7 Å². The fourth-order valence-electron chi connectivity index (χ4n) is 1.44. The van der Waals surface area contributed by atoms with Crippen molar-refractivity contribution >= 4 is 52.8 Å². The average Bonchev–Trinajstić information content (AvgIpc) is 2.60. The van der Waals surface area contributed by atoms with Crippen LogP contribution in [0.2, 0.25) is 5.02 Å². The minimum Gasteiger partial charge on any atom is -0.282 e. The largest absolute Gasteiger partial charge is 0.417 e. The van der Waals surface area contributed by atoms with Crippen LogP contribution in [0.3, 0.4) is 0 Å². The number of fused-ring (bicyclic) bond motifs is 1. The maximum atomic E-state index is 12.6. The molecule has 0 aliphatic rings. The molecule has 0 aliphatic carbocycles. The summed E-state index contributed by atoms with van der Waals surface area (Å²) < 4.78 is 39.5. The Morgan fingerprint density at radius 2 is 1.94 bits per heavy atom. The number of nitrogens with zero attached hydrogens (tertiary/aromatic N) is 1. The van der Waals surface area contributed by atoms with E-state index in [1.54, 1.807) is 16.2 Å². The molecule has 1 nitrogen and oxygen atoms in total. The van der Waals surface area contributed by atoms with Crippen LogP contribution in [0.15, 0.2) is 24.4 Å². The van der Waals surface area contributed by atoms with Crippen molar-refractivity contribution in [3.05, 3.63) is 35.0 Å². The standard InChI is InChI=1S/C9H4ClF3INS/c10-8-5-3-4-15(16-14)7(5)2-1-6(8)9(11,12)13/h1-4H. The Hall–Kier alpha value is -0.0800. The number of halogens is 5. The molecule has 0 amide bonds. The van der Waals surface area contributed by atoms with Gasteiger partial charge in [-0.3, -0.25) is 3.97 Å². The maximum absolute atomic E-state index is 12.6. The topological polar surface area (TPSA) is 4.93 Å². The second kappa shape index (κ2) is 4.30. The molecule has 0 fully saturated rings. The van der Waals surface area contributed by atoms with Gasteiger partial charge in [0.2, 0.25) is 0 Å². The second-order valence-electron chi connectivity index (χ2n) is 3.07. The molecule has 1 heterocycles. The van der Waals surface area contributed by atoms with Crippen LogP contribution in [0.1, 0.15) is 5.56 Å². The van der Waals surface area contributed by atoms with Crippen LogP contribution in [0, 0.1) is 0 Å². The van der Waals surface area contributed by atoms with Gasteiger partial charge in [0.15, 0.2) is 0 Å². The summed E-state index contributed by atoms with van der Waals surface area (Å²) >= 11 is 7.80. The highest BCUT2D eigenvalue weighted by Crippen LogP contribution is 2.39. The molecule has 1 aromatic carbocycles. The van der Waals surface area contributed by atoms with Crippen LogP contribution in [0.4, 0.5) is 13.2 Å². The molecular weight excluding hydrogens is 374 g/mol. The van der Waals surface area contributed by atoms with Crippen molar-refractivity contribution in [2.45, 2.75) is 6.18 Å². The van der Waals surface area contributed by atoms with Gasteiger partial charge in [0, 0.05) is 41.9 Å². The van der Waals surface area contributed by atoms with E-state index in [1.165, 1.54) is 15.2 Å². The molecule has 0 atom stereocenters. The molecule has 7 heteroatoms. The quantitative estimate of drug-likeness (QED) is 0.622. The molecule has 0 bridgehead atoms.